The lowest BCUT2D eigenvalue weighted by Gasteiger charge is -2.14. The summed E-state index contributed by atoms with van der Waals surface area (Å²) in [5, 5.41) is 9.67. The molecule has 0 atom stereocenters. The Morgan fingerprint density at radius 2 is 1.74 bits per heavy atom. The van der Waals surface area contributed by atoms with Gasteiger partial charge in [0.05, 0.1) is 7.11 Å². The first-order valence-electron chi connectivity index (χ1n) is 6.88. The van der Waals surface area contributed by atoms with E-state index >= 15 is 0 Å². The predicted molar refractivity (Wildman–Crippen MR) is 72.8 cm³/mol. The fourth-order valence-corrected chi connectivity index (χ4v) is 2.12. The molecule has 0 aromatic heterocycles. The maximum atomic E-state index is 11.9. The molecule has 0 aromatic carbocycles. The molecule has 4 nitrogen and oxygen atoms in total. The quantitative estimate of drug-likeness (QED) is 0.541. The Bertz CT molecular complexity index is 404. The van der Waals surface area contributed by atoms with Gasteiger partial charge in [0.25, 0.3) is 0 Å². The number of allylic oxidation sites excluding steroid dienone is 2. The molecule has 19 heavy (non-hydrogen) atoms. The largest absolute Gasteiger partial charge is 0.504 e. The number of methoxy groups -OCH3 is 1. The van der Waals surface area contributed by atoms with Gasteiger partial charge in [-0.25, -0.2) is 0 Å². The van der Waals surface area contributed by atoms with Crippen LogP contribution in [0.5, 0.6) is 0 Å². The Hall–Kier alpha value is -1.58. The molecule has 1 rings (SSSR count). The zero-order valence-electron chi connectivity index (χ0n) is 11.7. The summed E-state index contributed by atoms with van der Waals surface area (Å²) in [6.45, 7) is 2.16. The van der Waals surface area contributed by atoms with E-state index in [9.17, 15) is 14.7 Å². The second-order valence-corrected chi connectivity index (χ2v) is 4.75. The van der Waals surface area contributed by atoms with E-state index in [1.54, 1.807) is 0 Å². The Balaban J connectivity index is 2.49. The van der Waals surface area contributed by atoms with Gasteiger partial charge in [-0.2, -0.15) is 0 Å². The van der Waals surface area contributed by atoms with Crippen LogP contribution in [0.3, 0.4) is 0 Å². The SMILES string of the molecule is CCCCCCCCC1=C(O)C(=O)C=C(OC)C1=O. The minimum atomic E-state index is -0.544. The molecule has 0 unspecified atom stereocenters. The predicted octanol–water partition coefficient (Wildman–Crippen LogP) is 3.23. The van der Waals surface area contributed by atoms with Gasteiger partial charge in [0.2, 0.25) is 11.6 Å². The summed E-state index contributed by atoms with van der Waals surface area (Å²) in [6, 6.07) is 0. The summed E-state index contributed by atoms with van der Waals surface area (Å²) in [5.41, 5.74) is 0.194. The third kappa shape index (κ3) is 4.23. The number of ketones is 2. The molecule has 0 spiro atoms. The van der Waals surface area contributed by atoms with Crippen LogP contribution in [0.2, 0.25) is 0 Å². The fourth-order valence-electron chi connectivity index (χ4n) is 2.12. The van der Waals surface area contributed by atoms with Gasteiger partial charge < -0.3 is 9.84 Å². The van der Waals surface area contributed by atoms with Crippen LogP contribution in [-0.4, -0.2) is 23.8 Å². The summed E-state index contributed by atoms with van der Waals surface area (Å²) in [4.78, 5) is 23.4. The van der Waals surface area contributed by atoms with Crippen molar-refractivity contribution in [2.75, 3.05) is 7.11 Å². The molecule has 0 saturated heterocycles. The minimum absolute atomic E-state index is 0.0174. The van der Waals surface area contributed by atoms with Crippen LogP contribution in [0.1, 0.15) is 51.9 Å². The van der Waals surface area contributed by atoms with Gasteiger partial charge in [-0.15, -0.1) is 0 Å². The van der Waals surface area contributed by atoms with Crippen LogP contribution >= 0.6 is 0 Å². The van der Waals surface area contributed by atoms with E-state index in [-0.39, 0.29) is 17.1 Å². The van der Waals surface area contributed by atoms with Crippen molar-refractivity contribution in [2.45, 2.75) is 51.9 Å². The van der Waals surface area contributed by atoms with Crippen molar-refractivity contribution in [3.63, 3.8) is 0 Å². The van der Waals surface area contributed by atoms with Gasteiger partial charge in [-0.1, -0.05) is 39.0 Å². The second kappa shape index (κ2) is 7.77. The lowest BCUT2D eigenvalue weighted by atomic mass is 9.94. The topological polar surface area (TPSA) is 63.6 Å². The van der Waals surface area contributed by atoms with Gasteiger partial charge in [-0.05, 0) is 12.8 Å². The summed E-state index contributed by atoms with van der Waals surface area (Å²) >= 11 is 0. The first-order chi connectivity index (χ1) is 9.11. The van der Waals surface area contributed by atoms with Crippen molar-refractivity contribution < 1.29 is 19.4 Å². The number of carbonyl (C=O) groups excluding carboxylic acids is 2. The smallest absolute Gasteiger partial charge is 0.227 e. The Kier molecular flexibility index (Phi) is 6.33. The molecule has 1 aliphatic rings. The van der Waals surface area contributed by atoms with E-state index in [2.05, 4.69) is 6.92 Å². The van der Waals surface area contributed by atoms with E-state index in [4.69, 9.17) is 4.74 Å². The highest BCUT2D eigenvalue weighted by Crippen LogP contribution is 2.23. The fraction of sp³-hybridized carbons (Fsp3) is 0.600. The number of Topliss-reactive ketones (excluding diaryl/α,β-unsaturated/α-hetero) is 1. The molecular weight excluding hydrogens is 244 g/mol. The van der Waals surface area contributed by atoms with E-state index in [1.165, 1.54) is 26.4 Å². The summed E-state index contributed by atoms with van der Waals surface area (Å²) in [7, 11) is 1.35. The van der Waals surface area contributed by atoms with Crippen molar-refractivity contribution in [1.29, 1.82) is 0 Å². The highest BCUT2D eigenvalue weighted by molar-refractivity contribution is 6.20. The van der Waals surface area contributed by atoms with Gasteiger partial charge in [-0.3, -0.25) is 9.59 Å². The molecule has 4 heteroatoms. The van der Waals surface area contributed by atoms with Gasteiger partial charge >= 0.3 is 0 Å². The van der Waals surface area contributed by atoms with Crippen LogP contribution in [0.25, 0.3) is 0 Å². The van der Waals surface area contributed by atoms with Crippen LogP contribution in [0.4, 0.5) is 0 Å². The Morgan fingerprint density at radius 1 is 1.11 bits per heavy atom. The van der Waals surface area contributed by atoms with Gasteiger partial charge in [0, 0.05) is 11.6 Å². The summed E-state index contributed by atoms with van der Waals surface area (Å²) in [6.07, 6.45) is 8.02. The Morgan fingerprint density at radius 3 is 2.37 bits per heavy atom. The van der Waals surface area contributed by atoms with Crippen molar-refractivity contribution >= 4 is 11.6 Å². The molecule has 0 aromatic rings. The lowest BCUT2D eigenvalue weighted by Crippen LogP contribution is -2.20. The number of rotatable bonds is 8. The number of aliphatic hydroxyl groups excluding tert-OH is 1. The average molecular weight is 266 g/mol. The number of hydrogen-bond acceptors (Lipinski definition) is 4. The van der Waals surface area contributed by atoms with Crippen molar-refractivity contribution in [3.05, 3.63) is 23.2 Å². The van der Waals surface area contributed by atoms with Crippen LogP contribution in [-0.2, 0) is 14.3 Å². The van der Waals surface area contributed by atoms with Crippen LogP contribution in [0.15, 0.2) is 23.2 Å². The third-order valence-electron chi connectivity index (χ3n) is 3.28. The first-order valence-corrected chi connectivity index (χ1v) is 6.88. The van der Waals surface area contributed by atoms with Crippen molar-refractivity contribution in [3.8, 4) is 0 Å². The van der Waals surface area contributed by atoms with Gasteiger partial charge in [0.1, 0.15) is 0 Å². The molecule has 1 aliphatic carbocycles. The summed E-state index contributed by atoms with van der Waals surface area (Å²) in [5.74, 6) is -1.31. The number of aliphatic hydroxyl groups is 1. The molecule has 0 amide bonds. The molecule has 0 bridgehead atoms. The molecule has 0 saturated carbocycles. The molecule has 0 radical (unpaired) electrons. The highest BCUT2D eigenvalue weighted by atomic mass is 16.5. The van der Waals surface area contributed by atoms with Crippen molar-refractivity contribution in [2.24, 2.45) is 0 Å². The van der Waals surface area contributed by atoms with Gasteiger partial charge in [0.15, 0.2) is 11.5 Å². The number of hydrogen-bond donors (Lipinski definition) is 1. The van der Waals surface area contributed by atoms with Crippen LogP contribution in [0, 0.1) is 0 Å². The first kappa shape index (κ1) is 15.5. The monoisotopic (exact) mass is 266 g/mol. The summed E-state index contributed by atoms with van der Waals surface area (Å²) < 4.78 is 4.86. The maximum Gasteiger partial charge on any atom is 0.227 e. The molecule has 0 aliphatic heterocycles. The standard InChI is InChI=1S/C15H22O4/c1-3-4-5-6-7-8-9-11-14(17)12(16)10-13(19-2)15(11)18/h10,17H,3-9H2,1-2H3. The normalized spacial score (nSPS) is 15.8. The second-order valence-electron chi connectivity index (χ2n) is 4.75. The zero-order chi connectivity index (χ0) is 14.3. The number of ether oxygens (including phenoxy) is 1. The lowest BCUT2D eigenvalue weighted by molar-refractivity contribution is -0.119. The maximum absolute atomic E-state index is 11.9. The number of carbonyl (C=O) groups is 2. The molecule has 1 N–H and O–H groups in total. The van der Waals surface area contributed by atoms with E-state index in [0.29, 0.717) is 6.42 Å². The molecule has 0 heterocycles. The van der Waals surface area contributed by atoms with E-state index in [0.717, 1.165) is 25.3 Å². The molecule has 106 valence electrons. The molecule has 0 fully saturated rings. The average Bonchev–Trinajstić information content (AvgIpc) is 2.41. The zero-order valence-corrected chi connectivity index (χ0v) is 11.7. The third-order valence-corrected chi connectivity index (χ3v) is 3.28. The highest BCUT2D eigenvalue weighted by Gasteiger charge is 2.28. The minimum Gasteiger partial charge on any atom is -0.504 e. The number of unbranched alkanes of at least 4 members (excludes halogenated alkanes) is 5. The Labute approximate surface area is 114 Å². The van der Waals surface area contributed by atoms with Crippen molar-refractivity contribution in [1.82, 2.24) is 0 Å². The molecular formula is C15H22O4. The van der Waals surface area contributed by atoms with Crippen LogP contribution < -0.4 is 0 Å². The van der Waals surface area contributed by atoms with E-state index in [1.807, 2.05) is 0 Å². The van der Waals surface area contributed by atoms with E-state index < -0.39 is 11.5 Å².